The van der Waals surface area contributed by atoms with Gasteiger partial charge in [-0.05, 0) is 0 Å². The maximum Gasteiger partial charge on any atom is 0.375 e. The minimum absolute atomic E-state index is 1.01. The lowest BCUT2D eigenvalue weighted by molar-refractivity contribution is -0.193. The van der Waals surface area contributed by atoms with Crippen molar-refractivity contribution >= 4 is 28.6 Å². The van der Waals surface area contributed by atoms with Crippen molar-refractivity contribution in [3.05, 3.63) is 0 Å². The van der Waals surface area contributed by atoms with Crippen LogP contribution in [0.25, 0.3) is 0 Å². The van der Waals surface area contributed by atoms with Crippen molar-refractivity contribution in [1.29, 1.82) is 0 Å². The molecule has 1 fully saturated rings. The molecule has 0 aliphatic heterocycles. The first-order chi connectivity index (χ1) is 7.04. The summed E-state index contributed by atoms with van der Waals surface area (Å²) >= 11 is 1.01. The summed E-state index contributed by atoms with van der Waals surface area (Å²) in [5.41, 5.74) is 0. The Morgan fingerprint density at radius 3 is 2.00 bits per heavy atom. The summed E-state index contributed by atoms with van der Waals surface area (Å²) in [7, 11) is 0. The Morgan fingerprint density at radius 1 is 1.31 bits per heavy atom. The van der Waals surface area contributed by atoms with E-state index in [9.17, 15) is 22.4 Å². The van der Waals surface area contributed by atoms with E-state index in [-0.39, 0.29) is 0 Å². The Hall–Kier alpha value is -0.160. The van der Waals surface area contributed by atoms with Crippen LogP contribution in [-0.4, -0.2) is 49.3 Å². The molecule has 1 aliphatic carbocycles. The molecule has 0 saturated heterocycles. The molecule has 94 valence electrons. The minimum atomic E-state index is -4.61. The second kappa shape index (κ2) is 3.95. The Bertz CT molecular complexity index is 311. The number of hydrogen-bond donors (Lipinski definition) is 3. The average molecular weight is 358 g/mol. The van der Waals surface area contributed by atoms with Gasteiger partial charge in [-0.1, -0.05) is 22.6 Å². The summed E-state index contributed by atoms with van der Waals surface area (Å²) in [4.78, 5) is 10.2. The van der Waals surface area contributed by atoms with Gasteiger partial charge in [0.2, 0.25) is 0 Å². The van der Waals surface area contributed by atoms with E-state index in [2.05, 4.69) is 0 Å². The van der Waals surface area contributed by atoms with E-state index in [1.54, 1.807) is 0 Å². The summed E-state index contributed by atoms with van der Waals surface area (Å²) in [6.07, 6.45) is -5.19. The monoisotopic (exact) mass is 358 g/mol. The van der Waals surface area contributed by atoms with Crippen LogP contribution in [0.15, 0.2) is 0 Å². The molecule has 4 nitrogen and oxygen atoms in total. The van der Waals surface area contributed by atoms with Crippen molar-refractivity contribution in [2.24, 2.45) is 5.92 Å². The predicted octanol–water partition coefficient (Wildman–Crippen LogP) is 0.497. The predicted molar refractivity (Wildman–Crippen MR) is 50.8 cm³/mol. The van der Waals surface area contributed by atoms with Crippen molar-refractivity contribution in [3.63, 3.8) is 0 Å². The molecule has 1 rings (SSSR count). The summed E-state index contributed by atoms with van der Waals surface area (Å²) in [6, 6.07) is 0. The molecule has 0 unspecified atom stereocenters. The van der Waals surface area contributed by atoms with E-state index < -0.39 is 39.9 Å². The highest BCUT2D eigenvalue weighted by Gasteiger charge is 2.70. The number of carbonyl (C=O) groups is 1. The fraction of sp³-hybridized carbons (Fsp3) is 0.857. The van der Waals surface area contributed by atoms with Gasteiger partial charge >= 0.3 is 11.9 Å². The van der Waals surface area contributed by atoms with Gasteiger partial charge in [0, 0.05) is 0 Å². The maximum absolute atomic E-state index is 13.1. The number of aliphatic hydroxyl groups is 2. The minimum Gasteiger partial charge on any atom is -0.477 e. The van der Waals surface area contributed by atoms with Gasteiger partial charge in [-0.25, -0.2) is 13.6 Å². The first-order valence-corrected chi connectivity index (χ1v) is 5.28. The smallest absolute Gasteiger partial charge is 0.375 e. The van der Waals surface area contributed by atoms with Crippen molar-refractivity contribution < 1.29 is 37.7 Å². The van der Waals surface area contributed by atoms with Crippen LogP contribution >= 0.6 is 22.6 Å². The normalized spacial score (nSPS) is 38.7. The van der Waals surface area contributed by atoms with Gasteiger partial charge in [0.05, 0.1) is 12.0 Å². The molecule has 16 heavy (non-hydrogen) atoms. The topological polar surface area (TPSA) is 77.8 Å². The number of alkyl halides is 5. The highest BCUT2D eigenvalue weighted by atomic mass is 127. The lowest BCUT2D eigenvalue weighted by Gasteiger charge is -2.24. The van der Waals surface area contributed by atoms with Gasteiger partial charge in [0.1, 0.15) is 10.0 Å². The number of rotatable bonds is 2. The summed E-state index contributed by atoms with van der Waals surface area (Å²) in [6.45, 7) is 0. The molecule has 0 radical (unpaired) electrons. The fourth-order valence-corrected chi connectivity index (χ4v) is 2.37. The molecule has 0 amide bonds. The zero-order chi connectivity index (χ0) is 12.9. The quantitative estimate of drug-likeness (QED) is 0.382. The Labute approximate surface area is 100 Å². The van der Waals surface area contributed by atoms with E-state index in [4.69, 9.17) is 15.3 Å². The van der Waals surface area contributed by atoms with Gasteiger partial charge in [-0.2, -0.15) is 8.78 Å². The zero-order valence-electron chi connectivity index (χ0n) is 7.45. The second-order valence-electron chi connectivity index (χ2n) is 3.47. The lowest BCUT2D eigenvalue weighted by atomic mass is 9.95. The van der Waals surface area contributed by atoms with Crippen molar-refractivity contribution in [2.45, 2.75) is 28.0 Å². The van der Waals surface area contributed by atoms with Gasteiger partial charge in [-0.3, -0.25) is 0 Å². The molecule has 1 aliphatic rings. The number of hydrogen-bond acceptors (Lipinski definition) is 3. The fourth-order valence-electron chi connectivity index (χ4n) is 1.55. The molecule has 0 spiro atoms. The number of carboxylic acid groups (broad SMARTS) is 1. The third kappa shape index (κ3) is 1.78. The first kappa shape index (κ1) is 13.9. The van der Waals surface area contributed by atoms with Gasteiger partial charge in [0.25, 0.3) is 5.92 Å². The van der Waals surface area contributed by atoms with Crippen LogP contribution in [0.2, 0.25) is 0 Å². The van der Waals surface area contributed by atoms with Crippen LogP contribution in [-0.2, 0) is 4.79 Å². The van der Waals surface area contributed by atoms with Crippen molar-refractivity contribution in [2.75, 3.05) is 0 Å². The first-order valence-electron chi connectivity index (χ1n) is 4.03. The Morgan fingerprint density at radius 2 is 1.75 bits per heavy atom. The molecule has 0 aromatic rings. The third-order valence-corrected chi connectivity index (χ3v) is 4.04. The summed E-state index contributed by atoms with van der Waals surface area (Å²) < 4.78 is 50.2. The largest absolute Gasteiger partial charge is 0.477 e. The highest BCUT2D eigenvalue weighted by Crippen LogP contribution is 2.49. The van der Waals surface area contributed by atoms with E-state index >= 15 is 0 Å². The van der Waals surface area contributed by atoms with Crippen molar-refractivity contribution in [1.82, 2.24) is 0 Å². The standard InChI is InChI=1S/C7H7F4IO4/c8-6(9,5(15)16)1-2(13)3(12)7(10,11)4(1)14/h1-4,13-14H,(H,15,16)/t1-,2+,3-,4-/m1/s1. The van der Waals surface area contributed by atoms with Crippen LogP contribution in [0, 0.1) is 5.92 Å². The molecule has 9 heteroatoms. The molecule has 0 bridgehead atoms. The summed E-state index contributed by atoms with van der Waals surface area (Å²) in [5, 5.41) is 26.3. The molecular weight excluding hydrogens is 351 g/mol. The Kier molecular flexibility index (Phi) is 3.43. The second-order valence-corrected chi connectivity index (χ2v) is 4.81. The van der Waals surface area contributed by atoms with Crippen LogP contribution < -0.4 is 0 Å². The SMILES string of the molecule is O=C(O)C(F)(F)[C@@H]1[C@H](O)[C@@H](I)C(F)(F)[C@@H]1O. The number of carboxylic acids is 1. The highest BCUT2D eigenvalue weighted by molar-refractivity contribution is 14.1. The van der Waals surface area contributed by atoms with Gasteiger partial charge in [-0.15, -0.1) is 0 Å². The Balaban J connectivity index is 3.13. The number of aliphatic hydroxyl groups excluding tert-OH is 2. The maximum atomic E-state index is 13.1. The molecule has 3 N–H and O–H groups in total. The van der Waals surface area contributed by atoms with E-state index in [0.717, 1.165) is 22.6 Å². The van der Waals surface area contributed by atoms with Crippen LogP contribution in [0.4, 0.5) is 17.6 Å². The van der Waals surface area contributed by atoms with E-state index in [1.807, 2.05) is 0 Å². The molecule has 0 aromatic carbocycles. The van der Waals surface area contributed by atoms with Crippen LogP contribution in [0.1, 0.15) is 0 Å². The molecule has 0 heterocycles. The molecule has 1 saturated carbocycles. The molecular formula is C7H7F4IO4. The van der Waals surface area contributed by atoms with E-state index in [1.165, 1.54) is 0 Å². The average Bonchev–Trinajstić information content (AvgIpc) is 2.28. The molecule has 0 aromatic heterocycles. The number of halogens is 5. The van der Waals surface area contributed by atoms with Crippen LogP contribution in [0.5, 0.6) is 0 Å². The third-order valence-electron chi connectivity index (χ3n) is 2.47. The zero-order valence-corrected chi connectivity index (χ0v) is 9.61. The van der Waals surface area contributed by atoms with E-state index in [0.29, 0.717) is 0 Å². The summed E-state index contributed by atoms with van der Waals surface area (Å²) in [5.74, 6) is -13.9. The van der Waals surface area contributed by atoms with Gasteiger partial charge in [0.15, 0.2) is 0 Å². The number of aliphatic carboxylic acids is 1. The lowest BCUT2D eigenvalue weighted by Crippen LogP contribution is -2.48. The van der Waals surface area contributed by atoms with Gasteiger partial charge < -0.3 is 15.3 Å². The van der Waals surface area contributed by atoms with Crippen LogP contribution in [0.3, 0.4) is 0 Å². The van der Waals surface area contributed by atoms with Crippen molar-refractivity contribution in [3.8, 4) is 0 Å². The molecule has 4 atom stereocenters.